The number of benzene rings is 1. The zero-order chi connectivity index (χ0) is 19.0. The molecule has 0 aliphatic heterocycles. The van der Waals surface area contributed by atoms with Crippen molar-refractivity contribution in [3.63, 3.8) is 0 Å². The maximum Gasteiger partial charge on any atom is 0.115 e. The highest BCUT2D eigenvalue weighted by molar-refractivity contribution is 8.23. The summed E-state index contributed by atoms with van der Waals surface area (Å²) in [4.78, 5) is 0.903. The maximum absolute atomic E-state index is 8.45. The van der Waals surface area contributed by atoms with Crippen LogP contribution < -0.4 is 0 Å². The minimum absolute atomic E-state index is 0.362. The van der Waals surface area contributed by atoms with Crippen LogP contribution in [0.5, 0.6) is 0 Å². The molecule has 0 heterocycles. The third-order valence-electron chi connectivity index (χ3n) is 3.55. The molecule has 6 heteroatoms. The van der Waals surface area contributed by atoms with E-state index in [1.54, 1.807) is 0 Å². The molecule has 1 rings (SSSR count). The van der Waals surface area contributed by atoms with E-state index in [0.717, 1.165) is 28.9 Å². The highest BCUT2D eigenvalue weighted by Gasteiger charge is 2.17. The van der Waals surface area contributed by atoms with E-state index in [1.807, 2.05) is 32.1 Å². The topological polar surface area (TPSA) is 48.6 Å². The number of allylic oxidation sites excluding steroid dienone is 1. The first-order valence-electron chi connectivity index (χ1n) is 8.26. The highest BCUT2D eigenvalue weighted by Crippen LogP contribution is 2.38. The normalized spacial score (nSPS) is 12.6. The van der Waals surface area contributed by atoms with Crippen molar-refractivity contribution in [1.82, 2.24) is 0 Å². The molecule has 0 aromatic heterocycles. The minimum Gasteiger partial charge on any atom is -0.292 e. The van der Waals surface area contributed by atoms with Gasteiger partial charge in [-0.2, -0.15) is 10.2 Å². The predicted molar refractivity (Wildman–Crippen MR) is 116 cm³/mol. The van der Waals surface area contributed by atoms with Gasteiger partial charge in [0.25, 0.3) is 0 Å². The molecular formula is C19H25Cl2N3S. The first kappa shape index (κ1) is 21.9. The van der Waals surface area contributed by atoms with Gasteiger partial charge in [-0.25, -0.2) is 0 Å². The molecule has 1 N–H and O–H groups in total. The summed E-state index contributed by atoms with van der Waals surface area (Å²) in [6.45, 7) is 11.7. The number of rotatable bonds is 8. The standard InChI is InChI=1S/C19H25Cl2N3S/c1-6-7-16(14-10-9-13(4)17(20)18(14)21)25-19(22)15(24-23-5)11-8-12(2)3/h7,9-10,12,22H,5-6,8,11H2,1-4H3/b16-7+,22-19?,24-15+. The first-order chi connectivity index (χ1) is 11.8. The van der Waals surface area contributed by atoms with Crippen LogP contribution in [0.1, 0.15) is 51.2 Å². The second-order valence-electron chi connectivity index (χ2n) is 6.09. The third kappa shape index (κ3) is 6.61. The molecule has 1 aromatic rings. The van der Waals surface area contributed by atoms with E-state index >= 15 is 0 Å². The summed E-state index contributed by atoms with van der Waals surface area (Å²) in [5.41, 5.74) is 2.41. The summed E-state index contributed by atoms with van der Waals surface area (Å²) in [6, 6.07) is 3.89. The maximum atomic E-state index is 8.45. The lowest BCUT2D eigenvalue weighted by Gasteiger charge is -2.14. The molecule has 3 nitrogen and oxygen atoms in total. The Morgan fingerprint density at radius 1 is 1.32 bits per heavy atom. The van der Waals surface area contributed by atoms with Gasteiger partial charge in [0.2, 0.25) is 0 Å². The van der Waals surface area contributed by atoms with Crippen LogP contribution in [0.4, 0.5) is 0 Å². The van der Waals surface area contributed by atoms with Crippen molar-refractivity contribution in [2.24, 2.45) is 16.1 Å². The van der Waals surface area contributed by atoms with Crippen molar-refractivity contribution in [3.8, 4) is 0 Å². The number of nitrogens with zero attached hydrogens (tertiary/aromatic N) is 2. The van der Waals surface area contributed by atoms with E-state index in [1.165, 1.54) is 11.8 Å². The Labute approximate surface area is 165 Å². The molecule has 0 fully saturated rings. The zero-order valence-corrected chi connectivity index (χ0v) is 17.5. The smallest absolute Gasteiger partial charge is 0.115 e. The predicted octanol–water partition coefficient (Wildman–Crippen LogP) is 7.26. The molecule has 0 aliphatic rings. The second-order valence-corrected chi connectivity index (χ2v) is 7.89. The molecule has 0 bridgehead atoms. The Morgan fingerprint density at radius 2 is 2.00 bits per heavy atom. The lowest BCUT2D eigenvalue weighted by molar-refractivity contribution is 0.604. The molecule has 0 saturated carbocycles. The van der Waals surface area contributed by atoms with Crippen molar-refractivity contribution in [3.05, 3.63) is 39.4 Å². The van der Waals surface area contributed by atoms with Crippen LogP contribution in [0.3, 0.4) is 0 Å². The number of aryl methyl sites for hydroxylation is 1. The summed E-state index contributed by atoms with van der Waals surface area (Å²) < 4.78 is 0. The summed E-state index contributed by atoms with van der Waals surface area (Å²) in [7, 11) is 0. The molecule has 136 valence electrons. The van der Waals surface area contributed by atoms with Gasteiger partial charge in [0.1, 0.15) is 5.04 Å². The van der Waals surface area contributed by atoms with E-state index in [-0.39, 0.29) is 0 Å². The Kier molecular flexibility index (Phi) is 9.47. The molecule has 1 aromatic carbocycles. The van der Waals surface area contributed by atoms with Gasteiger partial charge in [-0.05, 0) is 37.7 Å². The number of hydrogen-bond acceptors (Lipinski definition) is 4. The monoisotopic (exact) mass is 397 g/mol. The van der Waals surface area contributed by atoms with E-state index in [9.17, 15) is 0 Å². The molecule has 0 atom stereocenters. The van der Waals surface area contributed by atoms with Crippen LogP contribution in [-0.4, -0.2) is 17.5 Å². The average molecular weight is 398 g/mol. The van der Waals surface area contributed by atoms with Gasteiger partial charge in [-0.1, -0.05) is 73.9 Å². The van der Waals surface area contributed by atoms with Crippen molar-refractivity contribution >= 4 is 57.3 Å². The highest BCUT2D eigenvalue weighted by atomic mass is 35.5. The first-order valence-corrected chi connectivity index (χ1v) is 9.83. The van der Waals surface area contributed by atoms with Crippen LogP contribution in [0.15, 0.2) is 28.4 Å². The summed E-state index contributed by atoms with van der Waals surface area (Å²) >= 11 is 14.1. The number of thioether (sulfide) groups is 1. The van der Waals surface area contributed by atoms with Crippen molar-refractivity contribution in [1.29, 1.82) is 5.41 Å². The van der Waals surface area contributed by atoms with Gasteiger partial charge >= 0.3 is 0 Å². The molecule has 0 amide bonds. The summed E-state index contributed by atoms with van der Waals surface area (Å²) in [6.07, 6.45) is 4.52. The van der Waals surface area contributed by atoms with Gasteiger partial charge < -0.3 is 0 Å². The average Bonchev–Trinajstić information content (AvgIpc) is 2.56. The lowest BCUT2D eigenvalue weighted by atomic mass is 10.1. The van der Waals surface area contributed by atoms with Crippen LogP contribution in [0.25, 0.3) is 4.91 Å². The van der Waals surface area contributed by atoms with E-state index in [4.69, 9.17) is 28.6 Å². The Hall–Kier alpha value is -1.10. The molecular weight excluding hydrogens is 373 g/mol. The van der Waals surface area contributed by atoms with Crippen LogP contribution in [0, 0.1) is 18.3 Å². The number of hydrogen-bond donors (Lipinski definition) is 1. The Bertz CT molecular complexity index is 694. The molecule has 0 spiro atoms. The van der Waals surface area contributed by atoms with E-state index in [0.29, 0.717) is 33.1 Å². The quantitative estimate of drug-likeness (QED) is 0.280. The minimum atomic E-state index is 0.362. The van der Waals surface area contributed by atoms with Crippen LogP contribution in [0.2, 0.25) is 10.0 Å². The van der Waals surface area contributed by atoms with Gasteiger partial charge in [0.05, 0.1) is 15.8 Å². The third-order valence-corrected chi connectivity index (χ3v) is 5.58. The number of halogens is 2. The fourth-order valence-electron chi connectivity index (χ4n) is 2.12. The SMILES string of the molecule is C=N/N=C(\CCC(C)C)C(=N)S/C(=C/CC)c1ccc(C)c(Cl)c1Cl. The molecule has 0 aliphatic carbocycles. The van der Waals surface area contributed by atoms with Crippen molar-refractivity contribution in [2.45, 2.75) is 47.0 Å². The van der Waals surface area contributed by atoms with E-state index in [2.05, 4.69) is 30.8 Å². The molecule has 0 radical (unpaired) electrons. The van der Waals surface area contributed by atoms with Gasteiger partial charge in [-0.3, -0.25) is 5.41 Å². The summed E-state index contributed by atoms with van der Waals surface area (Å²) in [5.74, 6) is 0.531. The molecule has 0 unspecified atom stereocenters. The lowest BCUT2D eigenvalue weighted by Crippen LogP contribution is -2.10. The van der Waals surface area contributed by atoms with Gasteiger partial charge in [0.15, 0.2) is 0 Å². The fraction of sp³-hybridized carbons (Fsp3) is 0.421. The van der Waals surface area contributed by atoms with Crippen molar-refractivity contribution < 1.29 is 0 Å². The summed E-state index contributed by atoms with van der Waals surface area (Å²) in [5, 5.41) is 17.6. The van der Waals surface area contributed by atoms with E-state index < -0.39 is 0 Å². The van der Waals surface area contributed by atoms with Crippen LogP contribution >= 0.6 is 35.0 Å². The van der Waals surface area contributed by atoms with Crippen molar-refractivity contribution in [2.75, 3.05) is 0 Å². The van der Waals surface area contributed by atoms with Gasteiger partial charge in [0, 0.05) is 17.2 Å². The Balaban J connectivity index is 3.11. The number of nitrogens with one attached hydrogen (secondary N) is 1. The zero-order valence-electron chi connectivity index (χ0n) is 15.2. The Morgan fingerprint density at radius 3 is 2.56 bits per heavy atom. The molecule has 25 heavy (non-hydrogen) atoms. The fourth-order valence-corrected chi connectivity index (χ4v) is 3.66. The van der Waals surface area contributed by atoms with Gasteiger partial charge in [-0.15, -0.1) is 0 Å². The van der Waals surface area contributed by atoms with Crippen LogP contribution in [-0.2, 0) is 0 Å². The largest absolute Gasteiger partial charge is 0.292 e. The second kappa shape index (κ2) is 10.8. The molecule has 0 saturated heterocycles.